The molecular formula is C13H15ClO2. The van der Waals surface area contributed by atoms with Crippen LogP contribution in [0, 0.1) is 0 Å². The number of ether oxygens (including phenoxy) is 1. The Bertz CT molecular complexity index is 397. The maximum absolute atomic E-state index is 10.7. The summed E-state index contributed by atoms with van der Waals surface area (Å²) in [5, 5.41) is 0.651. The number of carbonyl (C=O) groups excluding carboxylic acids is 1. The molecule has 0 aliphatic carbocycles. The Balaban J connectivity index is 2.63. The van der Waals surface area contributed by atoms with Gasteiger partial charge < -0.3 is 9.53 Å². The van der Waals surface area contributed by atoms with E-state index in [2.05, 4.69) is 0 Å². The number of hydrogen-bond donors (Lipinski definition) is 0. The first-order chi connectivity index (χ1) is 7.63. The maximum Gasteiger partial charge on any atom is 0.130 e. The van der Waals surface area contributed by atoms with Gasteiger partial charge in [-0.1, -0.05) is 23.8 Å². The Labute approximate surface area is 101 Å². The second-order valence-corrected chi connectivity index (χ2v) is 3.94. The molecule has 0 amide bonds. The first-order valence-corrected chi connectivity index (χ1v) is 5.51. The average molecular weight is 239 g/mol. The third-order valence-corrected chi connectivity index (χ3v) is 2.50. The molecule has 0 fully saturated rings. The monoisotopic (exact) mass is 238 g/mol. The molecule has 0 spiro atoms. The Morgan fingerprint density at radius 3 is 2.81 bits per heavy atom. The molecule has 0 aliphatic rings. The number of carbonyl (C=O) groups is 1. The Hall–Kier alpha value is -1.28. The van der Waals surface area contributed by atoms with E-state index in [0.29, 0.717) is 11.4 Å². The van der Waals surface area contributed by atoms with Crippen LogP contribution in [-0.4, -0.2) is 12.9 Å². The van der Waals surface area contributed by atoms with Crippen molar-refractivity contribution in [2.75, 3.05) is 7.11 Å². The number of methoxy groups -OCH3 is 1. The fourth-order valence-electron chi connectivity index (χ4n) is 1.27. The highest BCUT2D eigenvalue weighted by Crippen LogP contribution is 2.23. The maximum atomic E-state index is 10.7. The largest absolute Gasteiger partial charge is 0.497 e. The van der Waals surface area contributed by atoms with Crippen molar-refractivity contribution in [1.82, 2.24) is 0 Å². The normalized spacial score (nSPS) is 10.7. The van der Waals surface area contributed by atoms with Gasteiger partial charge in [-0.2, -0.15) is 0 Å². The predicted molar refractivity (Wildman–Crippen MR) is 67.0 cm³/mol. The van der Waals surface area contributed by atoms with Gasteiger partial charge in [0.25, 0.3) is 0 Å². The molecule has 0 bridgehead atoms. The first-order valence-electron chi connectivity index (χ1n) is 5.13. The van der Waals surface area contributed by atoms with Gasteiger partial charge in [-0.15, -0.1) is 0 Å². The Morgan fingerprint density at radius 1 is 1.50 bits per heavy atom. The van der Waals surface area contributed by atoms with E-state index in [4.69, 9.17) is 16.3 Å². The molecular weight excluding hydrogens is 224 g/mol. The summed E-state index contributed by atoms with van der Waals surface area (Å²) >= 11 is 6.05. The van der Waals surface area contributed by atoms with Crippen molar-refractivity contribution in [1.29, 1.82) is 0 Å². The van der Waals surface area contributed by atoms with E-state index in [1.807, 2.05) is 24.3 Å². The number of rotatable bonds is 5. The Morgan fingerprint density at radius 2 is 2.25 bits per heavy atom. The van der Waals surface area contributed by atoms with Crippen molar-refractivity contribution in [3.05, 3.63) is 34.9 Å². The van der Waals surface area contributed by atoms with Gasteiger partial charge in [0.2, 0.25) is 0 Å². The molecule has 2 nitrogen and oxygen atoms in total. The molecule has 0 aromatic heterocycles. The quantitative estimate of drug-likeness (QED) is 0.781. The molecule has 1 aromatic carbocycles. The van der Waals surface area contributed by atoms with Gasteiger partial charge in [-0.05, 0) is 37.1 Å². The number of hydrogen-bond acceptors (Lipinski definition) is 2. The fourth-order valence-corrected chi connectivity index (χ4v) is 1.50. The average Bonchev–Trinajstić information content (AvgIpc) is 2.25. The highest BCUT2D eigenvalue weighted by Gasteiger charge is 1.98. The van der Waals surface area contributed by atoms with Crippen molar-refractivity contribution in [2.24, 2.45) is 0 Å². The van der Waals surface area contributed by atoms with Crippen LogP contribution in [0.5, 0.6) is 5.75 Å². The summed E-state index contributed by atoms with van der Waals surface area (Å²) in [5.74, 6) is 0.941. The molecule has 0 N–H and O–H groups in total. The fraction of sp³-hybridized carbons (Fsp3) is 0.308. The van der Waals surface area contributed by atoms with Crippen molar-refractivity contribution in [3.8, 4) is 5.75 Å². The van der Waals surface area contributed by atoms with Gasteiger partial charge in [0.1, 0.15) is 11.5 Å². The van der Waals surface area contributed by atoms with Gasteiger partial charge in [0, 0.05) is 6.42 Å². The molecule has 0 heterocycles. The van der Waals surface area contributed by atoms with Crippen LogP contribution in [-0.2, 0) is 4.79 Å². The number of ketones is 1. The van der Waals surface area contributed by atoms with Gasteiger partial charge in [0.15, 0.2) is 0 Å². The molecule has 1 aromatic rings. The minimum absolute atomic E-state index is 0.200. The lowest BCUT2D eigenvalue weighted by molar-refractivity contribution is -0.116. The number of halogens is 1. The third-order valence-electron chi connectivity index (χ3n) is 2.17. The molecule has 0 atom stereocenters. The molecule has 0 saturated heterocycles. The van der Waals surface area contributed by atoms with Crippen molar-refractivity contribution in [2.45, 2.75) is 19.8 Å². The zero-order chi connectivity index (χ0) is 12.0. The van der Waals surface area contributed by atoms with Gasteiger partial charge in [0.05, 0.1) is 12.1 Å². The number of allylic oxidation sites excluding steroid dienone is 1. The summed E-state index contributed by atoms with van der Waals surface area (Å²) < 4.78 is 5.05. The van der Waals surface area contributed by atoms with E-state index in [1.54, 1.807) is 20.1 Å². The summed E-state index contributed by atoms with van der Waals surface area (Å²) in [6.45, 7) is 1.59. The van der Waals surface area contributed by atoms with Crippen LogP contribution in [0.2, 0.25) is 5.02 Å². The van der Waals surface area contributed by atoms with Gasteiger partial charge in [-0.25, -0.2) is 0 Å². The third kappa shape index (κ3) is 4.07. The van der Waals surface area contributed by atoms with Crippen LogP contribution in [0.4, 0.5) is 0 Å². The lowest BCUT2D eigenvalue weighted by Crippen LogP contribution is -1.86. The Kier molecular flexibility index (Phi) is 5.06. The molecule has 0 aliphatic heterocycles. The van der Waals surface area contributed by atoms with E-state index in [0.717, 1.165) is 17.7 Å². The lowest BCUT2D eigenvalue weighted by atomic mass is 10.1. The minimum atomic E-state index is 0.200. The topological polar surface area (TPSA) is 26.3 Å². The summed E-state index contributed by atoms with van der Waals surface area (Å²) in [7, 11) is 1.61. The smallest absolute Gasteiger partial charge is 0.130 e. The molecule has 1 rings (SSSR count). The SMILES string of the molecule is COc1ccc(/C=C/CCC(C)=O)c(Cl)c1. The summed E-state index contributed by atoms with van der Waals surface area (Å²) in [4.78, 5) is 10.7. The molecule has 0 saturated carbocycles. The van der Waals surface area contributed by atoms with Crippen LogP contribution >= 0.6 is 11.6 Å². The number of benzene rings is 1. The molecule has 86 valence electrons. The lowest BCUT2D eigenvalue weighted by Gasteiger charge is -2.02. The summed E-state index contributed by atoms with van der Waals surface area (Å²) in [6, 6.07) is 5.52. The van der Waals surface area contributed by atoms with Gasteiger partial charge in [-0.3, -0.25) is 0 Å². The second-order valence-electron chi connectivity index (χ2n) is 3.53. The molecule has 0 unspecified atom stereocenters. The minimum Gasteiger partial charge on any atom is -0.497 e. The van der Waals surface area contributed by atoms with Crippen LogP contribution in [0.25, 0.3) is 6.08 Å². The van der Waals surface area contributed by atoms with Gasteiger partial charge >= 0.3 is 0 Å². The zero-order valence-electron chi connectivity index (χ0n) is 9.50. The van der Waals surface area contributed by atoms with Crippen LogP contribution in [0.3, 0.4) is 0 Å². The molecule has 3 heteroatoms. The standard InChI is InChI=1S/C13H15ClO2/c1-10(15)5-3-4-6-11-7-8-12(16-2)9-13(11)14/h4,6-9H,3,5H2,1-2H3/b6-4+. The number of Topliss-reactive ketones (excluding diaryl/α,β-unsaturated/α-hetero) is 1. The van der Waals surface area contributed by atoms with Crippen LogP contribution in [0.15, 0.2) is 24.3 Å². The summed E-state index contributed by atoms with van der Waals surface area (Å²) in [6.07, 6.45) is 5.20. The van der Waals surface area contributed by atoms with E-state index in [-0.39, 0.29) is 5.78 Å². The van der Waals surface area contributed by atoms with Crippen molar-refractivity contribution >= 4 is 23.5 Å². The van der Waals surface area contributed by atoms with Crippen molar-refractivity contribution in [3.63, 3.8) is 0 Å². The summed E-state index contributed by atoms with van der Waals surface area (Å²) in [5.41, 5.74) is 0.936. The highest BCUT2D eigenvalue weighted by atomic mass is 35.5. The second kappa shape index (κ2) is 6.33. The van der Waals surface area contributed by atoms with E-state index >= 15 is 0 Å². The van der Waals surface area contributed by atoms with E-state index in [1.165, 1.54) is 0 Å². The molecule has 0 radical (unpaired) electrons. The van der Waals surface area contributed by atoms with Crippen molar-refractivity contribution < 1.29 is 9.53 Å². The van der Waals surface area contributed by atoms with Crippen LogP contribution in [0.1, 0.15) is 25.3 Å². The zero-order valence-corrected chi connectivity index (χ0v) is 10.3. The molecule has 16 heavy (non-hydrogen) atoms. The highest BCUT2D eigenvalue weighted by molar-refractivity contribution is 6.32. The predicted octanol–water partition coefficient (Wildman–Crippen LogP) is 3.73. The van der Waals surface area contributed by atoms with Crippen LogP contribution < -0.4 is 4.74 Å². The first kappa shape index (κ1) is 12.8. The van der Waals surface area contributed by atoms with E-state index in [9.17, 15) is 4.79 Å². The van der Waals surface area contributed by atoms with E-state index < -0.39 is 0 Å².